The molecular formula is C16H26N2O2S. The minimum Gasteiger partial charge on any atom is -0.310 e. The molecule has 0 aromatic heterocycles. The van der Waals surface area contributed by atoms with Crippen molar-refractivity contribution >= 4 is 10.0 Å². The van der Waals surface area contributed by atoms with Crippen molar-refractivity contribution in [2.45, 2.75) is 63.6 Å². The van der Waals surface area contributed by atoms with Gasteiger partial charge in [-0.2, -0.15) is 0 Å². The first-order valence-corrected chi connectivity index (χ1v) is 9.22. The van der Waals surface area contributed by atoms with E-state index < -0.39 is 10.0 Å². The monoisotopic (exact) mass is 310 g/mol. The molecule has 0 bridgehead atoms. The fourth-order valence-electron chi connectivity index (χ4n) is 2.57. The van der Waals surface area contributed by atoms with E-state index in [1.165, 1.54) is 6.42 Å². The van der Waals surface area contributed by atoms with Crippen molar-refractivity contribution in [1.29, 1.82) is 0 Å². The maximum absolute atomic E-state index is 12.6. The molecular weight excluding hydrogens is 284 g/mol. The summed E-state index contributed by atoms with van der Waals surface area (Å²) in [5.41, 5.74) is 0.819. The van der Waals surface area contributed by atoms with Gasteiger partial charge in [0.05, 0.1) is 4.90 Å². The van der Waals surface area contributed by atoms with E-state index in [9.17, 15) is 8.42 Å². The Morgan fingerprint density at radius 1 is 1.19 bits per heavy atom. The van der Waals surface area contributed by atoms with Crippen LogP contribution in [0.5, 0.6) is 0 Å². The van der Waals surface area contributed by atoms with Crippen molar-refractivity contribution in [1.82, 2.24) is 10.0 Å². The molecule has 0 radical (unpaired) electrons. The molecule has 1 aromatic carbocycles. The maximum Gasteiger partial charge on any atom is 0.241 e. The van der Waals surface area contributed by atoms with Crippen LogP contribution in [0.3, 0.4) is 0 Å². The Hall–Kier alpha value is -0.910. The van der Waals surface area contributed by atoms with E-state index in [4.69, 9.17) is 0 Å². The van der Waals surface area contributed by atoms with E-state index in [2.05, 4.69) is 10.0 Å². The molecule has 1 fully saturated rings. The van der Waals surface area contributed by atoms with Gasteiger partial charge in [0.1, 0.15) is 0 Å². The van der Waals surface area contributed by atoms with Gasteiger partial charge in [-0.1, -0.05) is 38.5 Å². The maximum atomic E-state index is 12.6. The molecule has 2 N–H and O–H groups in total. The number of rotatable bonds is 7. The van der Waals surface area contributed by atoms with Crippen LogP contribution < -0.4 is 10.0 Å². The van der Waals surface area contributed by atoms with Gasteiger partial charge in [0.15, 0.2) is 0 Å². The minimum absolute atomic E-state index is 0.00913. The molecule has 21 heavy (non-hydrogen) atoms. The van der Waals surface area contributed by atoms with Gasteiger partial charge in [0, 0.05) is 18.6 Å². The first kappa shape index (κ1) is 16.5. The van der Waals surface area contributed by atoms with Gasteiger partial charge in [-0.05, 0) is 37.3 Å². The third kappa shape index (κ3) is 4.28. The Labute approximate surface area is 128 Å². The molecule has 2 rings (SSSR count). The van der Waals surface area contributed by atoms with Crippen molar-refractivity contribution in [3.05, 3.63) is 29.8 Å². The fourth-order valence-corrected chi connectivity index (χ4v) is 4.12. The van der Waals surface area contributed by atoms with Crippen LogP contribution in [-0.4, -0.2) is 20.5 Å². The van der Waals surface area contributed by atoms with E-state index in [1.807, 2.05) is 32.9 Å². The zero-order valence-electron chi connectivity index (χ0n) is 13.1. The zero-order valence-corrected chi connectivity index (χ0v) is 13.9. The SMILES string of the molecule is CC(C)NCc1ccccc1S(=O)(=O)NC(C)C1CCC1. The average molecular weight is 310 g/mol. The Bertz CT molecular complexity index is 565. The van der Waals surface area contributed by atoms with Crippen molar-refractivity contribution in [2.24, 2.45) is 5.92 Å². The highest BCUT2D eigenvalue weighted by atomic mass is 32.2. The highest BCUT2D eigenvalue weighted by Gasteiger charge is 2.28. The summed E-state index contributed by atoms with van der Waals surface area (Å²) in [6.07, 6.45) is 3.46. The topological polar surface area (TPSA) is 58.2 Å². The molecule has 4 nitrogen and oxygen atoms in total. The second-order valence-electron chi connectivity index (χ2n) is 6.24. The average Bonchev–Trinajstić information content (AvgIpc) is 2.33. The van der Waals surface area contributed by atoms with E-state index in [-0.39, 0.29) is 6.04 Å². The molecule has 5 heteroatoms. The van der Waals surface area contributed by atoms with Crippen molar-refractivity contribution in [3.63, 3.8) is 0 Å². The summed E-state index contributed by atoms with van der Waals surface area (Å²) >= 11 is 0. The van der Waals surface area contributed by atoms with E-state index in [0.717, 1.165) is 18.4 Å². The Morgan fingerprint density at radius 2 is 1.86 bits per heavy atom. The molecule has 1 saturated carbocycles. The van der Waals surface area contributed by atoms with E-state index in [0.29, 0.717) is 23.4 Å². The van der Waals surface area contributed by atoms with Gasteiger partial charge in [0.25, 0.3) is 0 Å². The summed E-state index contributed by atoms with van der Waals surface area (Å²) in [6, 6.07) is 7.55. The van der Waals surface area contributed by atoms with Crippen molar-refractivity contribution in [3.8, 4) is 0 Å². The molecule has 0 amide bonds. The third-order valence-electron chi connectivity index (χ3n) is 4.16. The van der Waals surface area contributed by atoms with Crippen LogP contribution in [-0.2, 0) is 16.6 Å². The first-order chi connectivity index (χ1) is 9.90. The number of sulfonamides is 1. The summed E-state index contributed by atoms with van der Waals surface area (Å²) in [5.74, 6) is 0.487. The molecule has 1 aromatic rings. The lowest BCUT2D eigenvalue weighted by Gasteiger charge is -2.31. The molecule has 1 aliphatic carbocycles. The molecule has 0 heterocycles. The lowest BCUT2D eigenvalue weighted by Crippen LogP contribution is -2.41. The van der Waals surface area contributed by atoms with Crippen LogP contribution >= 0.6 is 0 Å². The summed E-state index contributed by atoms with van der Waals surface area (Å²) in [7, 11) is -3.45. The van der Waals surface area contributed by atoms with E-state index in [1.54, 1.807) is 12.1 Å². The first-order valence-electron chi connectivity index (χ1n) is 7.74. The van der Waals surface area contributed by atoms with Crippen LogP contribution in [0.15, 0.2) is 29.2 Å². The summed E-state index contributed by atoms with van der Waals surface area (Å²) in [6.45, 7) is 6.63. The smallest absolute Gasteiger partial charge is 0.241 e. The van der Waals surface area contributed by atoms with Gasteiger partial charge in [-0.15, -0.1) is 0 Å². The molecule has 1 aliphatic rings. The van der Waals surface area contributed by atoms with Crippen LogP contribution in [0.1, 0.15) is 45.6 Å². The van der Waals surface area contributed by atoms with Crippen molar-refractivity contribution < 1.29 is 8.42 Å². The predicted molar refractivity (Wildman–Crippen MR) is 85.5 cm³/mol. The highest BCUT2D eigenvalue weighted by molar-refractivity contribution is 7.89. The van der Waals surface area contributed by atoms with Crippen LogP contribution in [0.25, 0.3) is 0 Å². The molecule has 1 unspecified atom stereocenters. The number of hydrogen-bond acceptors (Lipinski definition) is 3. The van der Waals surface area contributed by atoms with E-state index >= 15 is 0 Å². The Balaban J connectivity index is 2.14. The Morgan fingerprint density at radius 3 is 2.43 bits per heavy atom. The Kier molecular flexibility index (Phi) is 5.41. The largest absolute Gasteiger partial charge is 0.310 e. The number of hydrogen-bond donors (Lipinski definition) is 2. The molecule has 0 saturated heterocycles. The normalized spacial score (nSPS) is 17.7. The minimum atomic E-state index is -3.45. The molecule has 118 valence electrons. The van der Waals surface area contributed by atoms with Gasteiger partial charge < -0.3 is 5.32 Å². The number of benzene rings is 1. The van der Waals surface area contributed by atoms with Gasteiger partial charge >= 0.3 is 0 Å². The van der Waals surface area contributed by atoms with Crippen LogP contribution in [0, 0.1) is 5.92 Å². The lowest BCUT2D eigenvalue weighted by atomic mass is 9.81. The zero-order chi connectivity index (χ0) is 15.5. The second kappa shape index (κ2) is 6.90. The van der Waals surface area contributed by atoms with Crippen molar-refractivity contribution in [2.75, 3.05) is 0 Å². The van der Waals surface area contributed by atoms with Gasteiger partial charge in [-0.3, -0.25) is 0 Å². The van der Waals surface area contributed by atoms with Gasteiger partial charge in [0.2, 0.25) is 10.0 Å². The second-order valence-corrected chi connectivity index (χ2v) is 7.93. The fraction of sp³-hybridized carbons (Fsp3) is 0.625. The quantitative estimate of drug-likeness (QED) is 0.814. The predicted octanol–water partition coefficient (Wildman–Crippen LogP) is 2.65. The molecule has 1 atom stereocenters. The van der Waals surface area contributed by atoms with Gasteiger partial charge in [-0.25, -0.2) is 13.1 Å². The third-order valence-corrected chi connectivity index (χ3v) is 5.82. The summed E-state index contributed by atoms with van der Waals surface area (Å²) < 4.78 is 28.1. The van der Waals surface area contributed by atoms with Crippen LogP contribution in [0.2, 0.25) is 0 Å². The highest BCUT2D eigenvalue weighted by Crippen LogP contribution is 2.30. The number of nitrogens with one attached hydrogen (secondary N) is 2. The summed E-state index contributed by atoms with van der Waals surface area (Å²) in [4.78, 5) is 0.393. The summed E-state index contributed by atoms with van der Waals surface area (Å²) in [5, 5.41) is 3.28. The molecule has 0 aliphatic heterocycles. The lowest BCUT2D eigenvalue weighted by molar-refractivity contribution is 0.260. The molecule has 0 spiro atoms. The standard InChI is InChI=1S/C16H26N2O2S/c1-12(2)17-11-15-7-4-5-10-16(15)21(19,20)18-13(3)14-8-6-9-14/h4-5,7,10,12-14,17-18H,6,8-9,11H2,1-3H3. The van der Waals surface area contributed by atoms with Crippen LogP contribution in [0.4, 0.5) is 0 Å².